The molecule has 23 heavy (non-hydrogen) atoms. The van der Waals surface area contributed by atoms with Crippen LogP contribution in [0.2, 0.25) is 0 Å². The van der Waals surface area contributed by atoms with Gasteiger partial charge in [-0.25, -0.2) is 4.98 Å². The third kappa shape index (κ3) is 2.80. The summed E-state index contributed by atoms with van der Waals surface area (Å²) in [5.41, 5.74) is 2.97. The van der Waals surface area contributed by atoms with E-state index in [0.29, 0.717) is 5.95 Å². The number of para-hydroxylation sites is 2. The highest BCUT2D eigenvalue weighted by atomic mass is 16.5. The van der Waals surface area contributed by atoms with E-state index in [9.17, 15) is 0 Å². The largest absolute Gasteiger partial charge is 0.383 e. The van der Waals surface area contributed by atoms with Crippen molar-refractivity contribution in [3.05, 3.63) is 49.0 Å². The second-order valence-corrected chi connectivity index (χ2v) is 5.23. The zero-order valence-electron chi connectivity index (χ0n) is 12.4. The van der Waals surface area contributed by atoms with Crippen LogP contribution in [0.15, 0.2) is 53.5 Å². The minimum Gasteiger partial charge on any atom is -0.383 e. The maximum atomic E-state index is 4.81. The molecule has 0 fully saturated rings. The fourth-order valence-corrected chi connectivity index (χ4v) is 2.63. The van der Waals surface area contributed by atoms with E-state index >= 15 is 0 Å². The Balaban J connectivity index is 1.67. The van der Waals surface area contributed by atoms with Gasteiger partial charge in [0.15, 0.2) is 0 Å². The molecule has 1 aromatic carbocycles. The van der Waals surface area contributed by atoms with Crippen LogP contribution in [0.25, 0.3) is 0 Å². The quantitative estimate of drug-likeness (QED) is 0.769. The standard InChI is InChI=1S/C16H16N6O/c1-2-5-14-13(4-1)17-7-3-9-22(14)15-6-8-18-16(21-15)20-12-10-19-23-11-12/h1-2,4-6,8,10-11,17H,3,7,9H2,(H,18,20,21). The second kappa shape index (κ2) is 5.96. The van der Waals surface area contributed by atoms with Gasteiger partial charge in [0.05, 0.1) is 17.6 Å². The third-order valence-electron chi connectivity index (χ3n) is 3.67. The fourth-order valence-electron chi connectivity index (χ4n) is 2.63. The number of fused-ring (bicyclic) bond motifs is 1. The van der Waals surface area contributed by atoms with Crippen molar-refractivity contribution < 1.29 is 4.52 Å². The fraction of sp³-hybridized carbons (Fsp3) is 0.188. The summed E-state index contributed by atoms with van der Waals surface area (Å²) in [7, 11) is 0. The minimum absolute atomic E-state index is 0.514. The SMILES string of the molecule is c1ccc2c(c1)NCCCN2c1ccnc(Nc2cnoc2)n1. The van der Waals surface area contributed by atoms with Crippen LogP contribution in [0, 0.1) is 0 Å². The molecule has 0 unspecified atom stereocenters. The first-order chi connectivity index (χ1) is 11.4. The number of anilines is 5. The third-order valence-corrected chi connectivity index (χ3v) is 3.67. The van der Waals surface area contributed by atoms with Crippen molar-refractivity contribution in [1.82, 2.24) is 15.1 Å². The smallest absolute Gasteiger partial charge is 0.229 e. The van der Waals surface area contributed by atoms with Crippen molar-refractivity contribution in [2.75, 3.05) is 28.6 Å². The molecule has 3 aromatic rings. The number of rotatable bonds is 3. The van der Waals surface area contributed by atoms with Crippen molar-refractivity contribution in [3.63, 3.8) is 0 Å². The highest BCUT2D eigenvalue weighted by Gasteiger charge is 2.17. The molecule has 0 radical (unpaired) electrons. The van der Waals surface area contributed by atoms with Crippen molar-refractivity contribution in [2.24, 2.45) is 0 Å². The first kappa shape index (κ1) is 13.6. The van der Waals surface area contributed by atoms with Gasteiger partial charge < -0.3 is 20.1 Å². The van der Waals surface area contributed by atoms with Gasteiger partial charge in [0.2, 0.25) is 5.95 Å². The molecule has 0 spiro atoms. The van der Waals surface area contributed by atoms with Crippen LogP contribution in [0.5, 0.6) is 0 Å². The van der Waals surface area contributed by atoms with Gasteiger partial charge >= 0.3 is 0 Å². The molecular weight excluding hydrogens is 292 g/mol. The van der Waals surface area contributed by atoms with Crippen molar-refractivity contribution >= 4 is 28.8 Å². The number of hydrogen-bond acceptors (Lipinski definition) is 7. The molecule has 116 valence electrons. The topological polar surface area (TPSA) is 79.1 Å². The average molecular weight is 308 g/mol. The summed E-state index contributed by atoms with van der Waals surface area (Å²) >= 11 is 0. The van der Waals surface area contributed by atoms with Gasteiger partial charge in [-0.2, -0.15) is 4.98 Å². The van der Waals surface area contributed by atoms with Crippen molar-refractivity contribution in [3.8, 4) is 0 Å². The molecule has 7 heteroatoms. The average Bonchev–Trinajstić information content (AvgIpc) is 2.99. The Morgan fingerprint density at radius 2 is 2.17 bits per heavy atom. The normalized spacial score (nSPS) is 13.8. The number of nitrogens with zero attached hydrogens (tertiary/aromatic N) is 4. The van der Waals surface area contributed by atoms with Crippen molar-refractivity contribution in [1.29, 1.82) is 0 Å². The molecule has 1 aliphatic heterocycles. The predicted octanol–water partition coefficient (Wildman–Crippen LogP) is 3.16. The number of benzene rings is 1. The summed E-state index contributed by atoms with van der Waals surface area (Å²) in [6, 6.07) is 10.2. The maximum absolute atomic E-state index is 4.81. The lowest BCUT2D eigenvalue weighted by Crippen LogP contribution is -2.19. The summed E-state index contributed by atoms with van der Waals surface area (Å²) in [6.07, 6.45) is 5.88. The molecule has 3 heterocycles. The van der Waals surface area contributed by atoms with Gasteiger partial charge in [0.1, 0.15) is 17.8 Å². The molecule has 2 N–H and O–H groups in total. The van der Waals surface area contributed by atoms with Crippen molar-refractivity contribution in [2.45, 2.75) is 6.42 Å². The number of aromatic nitrogens is 3. The Morgan fingerprint density at radius 1 is 1.22 bits per heavy atom. The summed E-state index contributed by atoms with van der Waals surface area (Å²) < 4.78 is 4.81. The van der Waals surface area contributed by atoms with Gasteiger partial charge in [-0.15, -0.1) is 0 Å². The molecular formula is C16H16N6O. The van der Waals surface area contributed by atoms with E-state index < -0.39 is 0 Å². The van der Waals surface area contributed by atoms with Crippen LogP contribution in [0.4, 0.5) is 28.8 Å². The Labute approximate surface area is 133 Å². The van der Waals surface area contributed by atoms with E-state index in [1.807, 2.05) is 18.2 Å². The maximum Gasteiger partial charge on any atom is 0.229 e. The van der Waals surface area contributed by atoms with E-state index in [-0.39, 0.29) is 0 Å². The Kier molecular flexibility index (Phi) is 3.51. The highest BCUT2D eigenvalue weighted by molar-refractivity contribution is 5.76. The summed E-state index contributed by atoms with van der Waals surface area (Å²) in [5.74, 6) is 1.37. The Bertz CT molecular complexity index is 789. The van der Waals surface area contributed by atoms with E-state index in [2.05, 4.69) is 42.8 Å². The van der Waals surface area contributed by atoms with E-state index in [1.165, 1.54) is 6.26 Å². The number of hydrogen-bond donors (Lipinski definition) is 2. The molecule has 0 amide bonds. The highest BCUT2D eigenvalue weighted by Crippen LogP contribution is 2.33. The van der Waals surface area contributed by atoms with E-state index in [4.69, 9.17) is 4.52 Å². The van der Waals surface area contributed by atoms with Crippen LogP contribution in [0.1, 0.15) is 6.42 Å². The second-order valence-electron chi connectivity index (χ2n) is 5.23. The first-order valence-corrected chi connectivity index (χ1v) is 7.50. The lowest BCUT2D eigenvalue weighted by molar-refractivity contribution is 0.420. The van der Waals surface area contributed by atoms with Gasteiger partial charge in [-0.3, -0.25) is 0 Å². The van der Waals surface area contributed by atoms with Crippen LogP contribution in [-0.4, -0.2) is 28.2 Å². The minimum atomic E-state index is 0.514. The summed E-state index contributed by atoms with van der Waals surface area (Å²) in [4.78, 5) is 11.1. The van der Waals surface area contributed by atoms with Gasteiger partial charge in [-0.1, -0.05) is 17.3 Å². The zero-order chi connectivity index (χ0) is 15.5. The molecule has 0 bridgehead atoms. The van der Waals surface area contributed by atoms with E-state index in [1.54, 1.807) is 12.4 Å². The van der Waals surface area contributed by atoms with Gasteiger partial charge in [0.25, 0.3) is 0 Å². The number of nitrogens with one attached hydrogen (secondary N) is 2. The molecule has 4 rings (SSSR count). The van der Waals surface area contributed by atoms with Crippen LogP contribution in [-0.2, 0) is 0 Å². The summed E-state index contributed by atoms with van der Waals surface area (Å²) in [6.45, 7) is 1.85. The molecule has 0 atom stereocenters. The van der Waals surface area contributed by atoms with Crippen LogP contribution in [0.3, 0.4) is 0 Å². The van der Waals surface area contributed by atoms with Crippen LogP contribution >= 0.6 is 0 Å². The monoisotopic (exact) mass is 308 g/mol. The Morgan fingerprint density at radius 3 is 3.09 bits per heavy atom. The molecule has 2 aromatic heterocycles. The van der Waals surface area contributed by atoms with E-state index in [0.717, 1.165) is 42.4 Å². The van der Waals surface area contributed by atoms with Crippen LogP contribution < -0.4 is 15.5 Å². The lowest BCUT2D eigenvalue weighted by Gasteiger charge is -2.23. The zero-order valence-corrected chi connectivity index (χ0v) is 12.4. The predicted molar refractivity (Wildman–Crippen MR) is 88.4 cm³/mol. The van der Waals surface area contributed by atoms with Gasteiger partial charge in [-0.05, 0) is 24.6 Å². The lowest BCUT2D eigenvalue weighted by atomic mass is 10.2. The van der Waals surface area contributed by atoms with Gasteiger partial charge in [0, 0.05) is 19.3 Å². The molecule has 1 aliphatic rings. The Hall–Kier alpha value is -3.09. The molecule has 0 saturated carbocycles. The molecule has 0 saturated heterocycles. The molecule has 0 aliphatic carbocycles. The molecule has 7 nitrogen and oxygen atoms in total. The first-order valence-electron chi connectivity index (χ1n) is 7.50. The summed E-state index contributed by atoms with van der Waals surface area (Å²) in [5, 5.41) is 10.2.